The first-order chi connectivity index (χ1) is 13.4. The topological polar surface area (TPSA) is 115 Å². The monoisotopic (exact) mass is 441 g/mol. The SMILES string of the molecule is Cc1ccc(S(=O)ONC(=O)Nc2nc(C)nc(C(F)F)n2)c(OC(F)(F)F)c1. The van der Waals surface area contributed by atoms with E-state index in [0.29, 0.717) is 5.56 Å². The highest BCUT2D eigenvalue weighted by atomic mass is 32.2. The summed E-state index contributed by atoms with van der Waals surface area (Å²) in [6.07, 6.45) is -8.06. The Labute approximate surface area is 162 Å². The molecule has 29 heavy (non-hydrogen) atoms. The van der Waals surface area contributed by atoms with Gasteiger partial charge in [0.15, 0.2) is 0 Å². The smallest absolute Gasteiger partial charge is 0.404 e. The van der Waals surface area contributed by atoms with Gasteiger partial charge in [-0.2, -0.15) is 14.3 Å². The number of benzene rings is 1. The molecule has 0 saturated heterocycles. The molecular weight excluding hydrogens is 429 g/mol. The number of nitrogens with one attached hydrogen (secondary N) is 2. The summed E-state index contributed by atoms with van der Waals surface area (Å²) in [5, 5.41) is 1.93. The number of urea groups is 1. The van der Waals surface area contributed by atoms with Crippen molar-refractivity contribution in [2.45, 2.75) is 31.5 Å². The van der Waals surface area contributed by atoms with Gasteiger partial charge in [0.25, 0.3) is 6.43 Å². The quantitative estimate of drug-likeness (QED) is 0.523. The van der Waals surface area contributed by atoms with Crippen LogP contribution in [0.25, 0.3) is 0 Å². The van der Waals surface area contributed by atoms with Crippen LogP contribution in [0.4, 0.5) is 32.7 Å². The average molecular weight is 441 g/mol. The Morgan fingerprint density at radius 1 is 1.17 bits per heavy atom. The zero-order valence-corrected chi connectivity index (χ0v) is 15.4. The van der Waals surface area contributed by atoms with Crippen LogP contribution in [-0.2, 0) is 15.4 Å². The lowest BCUT2D eigenvalue weighted by atomic mass is 10.2. The Kier molecular flexibility index (Phi) is 6.97. The van der Waals surface area contributed by atoms with Crippen LogP contribution in [-0.4, -0.2) is 31.6 Å². The number of ether oxygens (including phenoxy) is 1. The summed E-state index contributed by atoms with van der Waals surface area (Å²) in [7, 11) is 0. The normalized spacial score (nSPS) is 12.6. The number of hydrogen-bond acceptors (Lipinski definition) is 7. The highest BCUT2D eigenvalue weighted by molar-refractivity contribution is 7.80. The van der Waals surface area contributed by atoms with Crippen LogP contribution in [0.3, 0.4) is 0 Å². The number of hydrogen-bond donors (Lipinski definition) is 2. The number of carbonyl (C=O) groups excluding carboxylic acids is 1. The van der Waals surface area contributed by atoms with Crippen molar-refractivity contribution < 1.29 is 40.0 Å². The largest absolute Gasteiger partial charge is 0.573 e. The van der Waals surface area contributed by atoms with E-state index in [1.807, 2.05) is 5.32 Å². The Hall–Kier alpha value is -2.94. The number of aryl methyl sites for hydroxylation is 2. The standard InChI is InChI=1S/C14H12F5N5O4S/c1-6-3-4-9(8(5-6)27-14(17,18)19)29(26)28-24-13(25)23-12-21-7(2)20-11(22-12)10(15)16/h3-5,10H,1-2H3,(H2,20,21,22,23,24,25). The third-order valence-electron chi connectivity index (χ3n) is 2.90. The van der Waals surface area contributed by atoms with Crippen molar-refractivity contribution in [3.05, 3.63) is 35.4 Å². The molecule has 0 aliphatic heterocycles. The number of anilines is 1. The molecule has 0 aliphatic carbocycles. The Balaban J connectivity index is 2.05. The fourth-order valence-electron chi connectivity index (χ4n) is 1.86. The maximum Gasteiger partial charge on any atom is 0.573 e. The van der Waals surface area contributed by atoms with Gasteiger partial charge in [-0.3, -0.25) is 5.32 Å². The minimum atomic E-state index is -5.05. The van der Waals surface area contributed by atoms with Gasteiger partial charge in [-0.25, -0.2) is 28.2 Å². The van der Waals surface area contributed by atoms with E-state index in [0.717, 1.165) is 12.1 Å². The minimum Gasteiger partial charge on any atom is -0.404 e. The number of hydroxylamine groups is 1. The maximum atomic E-state index is 12.7. The molecule has 2 rings (SSSR count). The molecule has 1 atom stereocenters. The van der Waals surface area contributed by atoms with Gasteiger partial charge in [-0.1, -0.05) is 6.07 Å². The van der Waals surface area contributed by atoms with Gasteiger partial charge in [-0.15, -0.1) is 13.2 Å². The van der Waals surface area contributed by atoms with E-state index in [9.17, 15) is 31.0 Å². The summed E-state index contributed by atoms with van der Waals surface area (Å²) in [6, 6.07) is 2.15. The number of carbonyl (C=O) groups is 1. The van der Waals surface area contributed by atoms with Gasteiger partial charge in [0, 0.05) is 0 Å². The van der Waals surface area contributed by atoms with E-state index in [2.05, 4.69) is 24.0 Å². The van der Waals surface area contributed by atoms with E-state index in [-0.39, 0.29) is 5.82 Å². The molecule has 2 aromatic rings. The average Bonchev–Trinajstić information content (AvgIpc) is 2.57. The van der Waals surface area contributed by atoms with Crippen LogP contribution in [0.2, 0.25) is 0 Å². The third-order valence-corrected chi connectivity index (χ3v) is 3.83. The molecule has 0 saturated carbocycles. The molecule has 1 aromatic heterocycles. The molecule has 0 bridgehead atoms. The Morgan fingerprint density at radius 3 is 2.48 bits per heavy atom. The molecule has 0 radical (unpaired) electrons. The summed E-state index contributed by atoms with van der Waals surface area (Å²) in [4.78, 5) is 21.5. The van der Waals surface area contributed by atoms with Crippen LogP contribution >= 0.6 is 0 Å². The zero-order valence-electron chi connectivity index (χ0n) is 14.6. The lowest BCUT2D eigenvalue weighted by Crippen LogP contribution is -2.31. The Bertz CT molecular complexity index is 928. The fourth-order valence-corrected chi connectivity index (χ4v) is 2.55. The zero-order chi connectivity index (χ0) is 21.8. The van der Waals surface area contributed by atoms with Gasteiger partial charge in [0.1, 0.15) is 16.5 Å². The molecule has 2 amide bonds. The molecule has 158 valence electrons. The van der Waals surface area contributed by atoms with Gasteiger partial charge < -0.3 is 4.74 Å². The minimum absolute atomic E-state index is 0.108. The molecule has 0 aliphatic rings. The molecular formula is C14H12F5N5O4S. The molecule has 1 heterocycles. The summed E-state index contributed by atoms with van der Waals surface area (Å²) in [6.45, 7) is 2.76. The van der Waals surface area contributed by atoms with Crippen LogP contribution in [0, 0.1) is 13.8 Å². The predicted molar refractivity (Wildman–Crippen MR) is 87.0 cm³/mol. The van der Waals surface area contributed by atoms with Crippen molar-refractivity contribution >= 4 is 23.1 Å². The van der Waals surface area contributed by atoms with Crippen molar-refractivity contribution in [3.63, 3.8) is 0 Å². The molecule has 15 heteroatoms. The lowest BCUT2D eigenvalue weighted by molar-refractivity contribution is -0.275. The summed E-state index contributed by atoms with van der Waals surface area (Å²) in [5.41, 5.74) is 2.01. The summed E-state index contributed by atoms with van der Waals surface area (Å²) in [5.74, 6) is -2.32. The number of rotatable bonds is 6. The van der Waals surface area contributed by atoms with Crippen LogP contribution < -0.4 is 15.5 Å². The Morgan fingerprint density at radius 2 is 1.86 bits per heavy atom. The van der Waals surface area contributed by atoms with E-state index in [1.165, 1.54) is 19.9 Å². The maximum absolute atomic E-state index is 12.7. The number of aromatic nitrogens is 3. The van der Waals surface area contributed by atoms with Crippen molar-refractivity contribution in [2.24, 2.45) is 0 Å². The second kappa shape index (κ2) is 9.04. The van der Waals surface area contributed by atoms with E-state index >= 15 is 0 Å². The van der Waals surface area contributed by atoms with Gasteiger partial charge >= 0.3 is 12.4 Å². The number of amides is 2. The van der Waals surface area contributed by atoms with Crippen LogP contribution in [0.1, 0.15) is 23.6 Å². The van der Waals surface area contributed by atoms with E-state index in [4.69, 9.17) is 0 Å². The molecule has 9 nitrogen and oxygen atoms in total. The molecule has 0 fully saturated rings. The molecule has 1 unspecified atom stereocenters. The van der Waals surface area contributed by atoms with Crippen molar-refractivity contribution in [1.29, 1.82) is 0 Å². The second-order valence-corrected chi connectivity index (χ2v) is 6.31. The molecule has 2 N–H and O–H groups in total. The van der Waals surface area contributed by atoms with Crippen molar-refractivity contribution in [3.8, 4) is 5.75 Å². The number of alkyl halides is 5. The van der Waals surface area contributed by atoms with Crippen molar-refractivity contribution in [1.82, 2.24) is 20.4 Å². The predicted octanol–water partition coefficient (Wildman–Crippen LogP) is 3.10. The highest BCUT2D eigenvalue weighted by Crippen LogP contribution is 2.29. The van der Waals surface area contributed by atoms with Gasteiger partial charge in [0.05, 0.1) is 0 Å². The fraction of sp³-hybridized carbons (Fsp3) is 0.286. The first kappa shape index (κ1) is 22.4. The van der Waals surface area contributed by atoms with Crippen LogP contribution in [0.5, 0.6) is 5.75 Å². The third kappa shape index (κ3) is 6.86. The van der Waals surface area contributed by atoms with E-state index in [1.54, 1.807) is 5.48 Å². The second-order valence-electron chi connectivity index (χ2n) is 5.24. The number of nitrogens with zero attached hydrogens (tertiary/aromatic N) is 3. The van der Waals surface area contributed by atoms with Gasteiger partial charge in [-0.05, 0) is 31.5 Å². The molecule has 1 aromatic carbocycles. The molecule has 0 spiro atoms. The summed E-state index contributed by atoms with van der Waals surface area (Å²) >= 11 is -2.60. The van der Waals surface area contributed by atoms with Crippen molar-refractivity contribution in [2.75, 3.05) is 5.32 Å². The van der Waals surface area contributed by atoms with E-state index < -0.39 is 52.3 Å². The first-order valence-electron chi connectivity index (χ1n) is 7.48. The lowest BCUT2D eigenvalue weighted by Gasteiger charge is -2.13. The van der Waals surface area contributed by atoms with Crippen LogP contribution in [0.15, 0.2) is 23.1 Å². The highest BCUT2D eigenvalue weighted by Gasteiger charge is 2.33. The first-order valence-corrected chi connectivity index (χ1v) is 8.55. The summed E-state index contributed by atoms with van der Waals surface area (Å²) < 4.78 is 83.1. The number of halogens is 5. The van der Waals surface area contributed by atoms with Gasteiger partial charge in [0.2, 0.25) is 22.9 Å².